The average molecular weight is 657 g/mol. The van der Waals surface area contributed by atoms with E-state index in [1.807, 2.05) is 24.3 Å². The lowest BCUT2D eigenvalue weighted by Gasteiger charge is -2.36. The molecule has 0 bridgehead atoms. The monoisotopic (exact) mass is 657 g/mol. The highest BCUT2D eigenvalue weighted by molar-refractivity contribution is 14.1. The van der Waals surface area contributed by atoms with Crippen molar-refractivity contribution in [2.45, 2.75) is 41.4 Å². The van der Waals surface area contributed by atoms with Crippen LogP contribution in [0, 0.1) is 0 Å². The summed E-state index contributed by atoms with van der Waals surface area (Å²) in [5, 5.41) is 5.49. The molecule has 0 spiro atoms. The third-order valence-corrected chi connectivity index (χ3v) is 7.01. The van der Waals surface area contributed by atoms with Crippen molar-refractivity contribution in [2.75, 3.05) is 6.61 Å². The number of benzene rings is 2. The van der Waals surface area contributed by atoms with Gasteiger partial charge in [-0.25, -0.2) is 9.59 Å². The van der Waals surface area contributed by atoms with Crippen LogP contribution in [0.3, 0.4) is 0 Å². The number of carbonyl (C=O) groups is 2. The van der Waals surface area contributed by atoms with Crippen molar-refractivity contribution in [2.24, 2.45) is 0 Å². The fourth-order valence-electron chi connectivity index (χ4n) is 4.22. The first-order valence-electron chi connectivity index (χ1n) is 11.9. The van der Waals surface area contributed by atoms with Crippen LogP contribution in [0.5, 0.6) is 5.75 Å². The third kappa shape index (κ3) is 6.78. The van der Waals surface area contributed by atoms with Gasteiger partial charge in [0.2, 0.25) is 0 Å². The van der Waals surface area contributed by atoms with Gasteiger partial charge in [-0.3, -0.25) is 4.98 Å². The maximum atomic E-state index is 13.8. The zero-order valence-corrected chi connectivity index (χ0v) is 22.5. The number of alkyl halides is 5. The number of ether oxygens (including phenoxy) is 2. The number of rotatable bonds is 10. The molecule has 1 aliphatic rings. The van der Waals surface area contributed by atoms with Crippen LogP contribution in [0.25, 0.3) is 0 Å². The van der Waals surface area contributed by atoms with Crippen molar-refractivity contribution in [1.82, 2.24) is 15.6 Å². The first-order chi connectivity index (χ1) is 18.6. The lowest BCUT2D eigenvalue weighted by atomic mass is 9.80. The van der Waals surface area contributed by atoms with E-state index < -0.39 is 41.9 Å². The summed E-state index contributed by atoms with van der Waals surface area (Å²) in [4.78, 5) is 29.9. The van der Waals surface area contributed by atoms with E-state index in [2.05, 4.69) is 42.9 Å². The van der Waals surface area contributed by atoms with Gasteiger partial charge < -0.3 is 20.1 Å². The highest BCUT2D eigenvalue weighted by atomic mass is 127. The van der Waals surface area contributed by atoms with Crippen molar-refractivity contribution in [3.63, 3.8) is 0 Å². The molecule has 2 N–H and O–H groups in total. The van der Waals surface area contributed by atoms with Crippen LogP contribution in [-0.4, -0.2) is 42.2 Å². The summed E-state index contributed by atoms with van der Waals surface area (Å²) in [6.07, 6.45) is -6.77. The molecule has 3 aromatic rings. The van der Waals surface area contributed by atoms with Crippen molar-refractivity contribution in [1.29, 1.82) is 0 Å². The molecular formula is C27H24F4IN3O4. The predicted octanol–water partition coefficient (Wildman–Crippen LogP) is 5.35. The Labute approximate surface area is 235 Å². The molecule has 2 heterocycles. The van der Waals surface area contributed by atoms with E-state index >= 15 is 0 Å². The van der Waals surface area contributed by atoms with Gasteiger partial charge >= 0.3 is 24.5 Å². The molecule has 1 saturated heterocycles. The average Bonchev–Trinajstić information content (AvgIpc) is 3.32. The molecule has 2 amide bonds. The van der Waals surface area contributed by atoms with Gasteiger partial charge in [-0.2, -0.15) is 17.6 Å². The zero-order valence-electron chi connectivity index (χ0n) is 20.4. The van der Waals surface area contributed by atoms with E-state index in [9.17, 15) is 27.2 Å². The number of esters is 1. The van der Waals surface area contributed by atoms with Crippen LogP contribution in [0.15, 0.2) is 72.9 Å². The second-order valence-electron chi connectivity index (χ2n) is 8.85. The lowest BCUT2D eigenvalue weighted by molar-refractivity contribution is -0.253. The van der Waals surface area contributed by atoms with E-state index in [0.29, 0.717) is 10.1 Å². The van der Waals surface area contributed by atoms with Crippen molar-refractivity contribution >= 4 is 34.6 Å². The standard InChI is InChI=1S/C27H24F4IN3O4/c28-24(29)27(30,31)39-20-8-4-7-19(13-20)26(14-17-5-2-1-3-6-17,22-10-9-18(15-32)16-33-22)35-25(37)34-21-11-12-38-23(21)36/h1-10,13,16,21,24H,11-12,14-15H2,(H2,34,35,37)/t21-,26+/m1/s1. The van der Waals surface area contributed by atoms with Crippen LogP contribution in [0.1, 0.15) is 28.8 Å². The number of cyclic esters (lactones) is 1. The maximum absolute atomic E-state index is 13.8. The molecule has 0 unspecified atom stereocenters. The summed E-state index contributed by atoms with van der Waals surface area (Å²) in [6, 6.07) is 16.1. The molecule has 39 heavy (non-hydrogen) atoms. The van der Waals surface area contributed by atoms with Gasteiger partial charge in [-0.1, -0.05) is 71.1 Å². The maximum Gasteiger partial charge on any atom is 0.461 e. The molecule has 0 radical (unpaired) electrons. The molecule has 0 saturated carbocycles. The Bertz CT molecular complexity index is 1300. The van der Waals surface area contributed by atoms with Crippen molar-refractivity contribution < 1.29 is 36.6 Å². The predicted molar refractivity (Wildman–Crippen MR) is 142 cm³/mol. The smallest absolute Gasteiger partial charge is 0.461 e. The molecular weight excluding hydrogens is 633 g/mol. The van der Waals surface area contributed by atoms with E-state index in [0.717, 1.165) is 23.3 Å². The molecule has 1 fully saturated rings. The summed E-state index contributed by atoms with van der Waals surface area (Å²) in [5.74, 6) is -1.10. The van der Waals surface area contributed by atoms with Crippen LogP contribution >= 0.6 is 22.6 Å². The van der Waals surface area contributed by atoms with Gasteiger partial charge in [0.15, 0.2) is 0 Å². The normalized spacial score (nSPS) is 16.9. The van der Waals surface area contributed by atoms with E-state index in [1.54, 1.807) is 30.5 Å². The third-order valence-electron chi connectivity index (χ3n) is 6.13. The number of aromatic nitrogens is 1. The molecule has 2 atom stereocenters. The van der Waals surface area contributed by atoms with Crippen molar-refractivity contribution in [3.05, 3.63) is 95.3 Å². The zero-order chi connectivity index (χ0) is 28.0. The van der Waals surface area contributed by atoms with E-state index in [1.165, 1.54) is 6.07 Å². The summed E-state index contributed by atoms with van der Waals surface area (Å²) in [6.45, 7) is 0.163. The summed E-state index contributed by atoms with van der Waals surface area (Å²) < 4.78 is 63.2. The fourth-order valence-corrected chi connectivity index (χ4v) is 4.67. The molecule has 7 nitrogen and oxygen atoms in total. The number of amides is 2. The number of pyridine rings is 1. The largest absolute Gasteiger partial charge is 0.464 e. The number of halogens is 5. The molecule has 206 valence electrons. The van der Waals surface area contributed by atoms with Crippen LogP contribution < -0.4 is 15.4 Å². The minimum Gasteiger partial charge on any atom is -0.464 e. The topological polar surface area (TPSA) is 89.5 Å². The first kappa shape index (κ1) is 28.6. The molecule has 0 aliphatic carbocycles. The highest BCUT2D eigenvalue weighted by Gasteiger charge is 2.45. The van der Waals surface area contributed by atoms with Gasteiger partial charge in [0.1, 0.15) is 17.3 Å². The quantitative estimate of drug-likeness (QED) is 0.133. The first-order valence-corrected chi connectivity index (χ1v) is 13.4. The van der Waals surface area contributed by atoms with Crippen LogP contribution in [0.4, 0.5) is 22.4 Å². The number of urea groups is 1. The summed E-state index contributed by atoms with van der Waals surface area (Å²) in [5.41, 5.74) is 0.758. The van der Waals surface area contributed by atoms with Crippen molar-refractivity contribution in [3.8, 4) is 5.75 Å². The molecule has 4 rings (SSSR count). The number of hydrogen-bond donors (Lipinski definition) is 2. The second-order valence-corrected chi connectivity index (χ2v) is 9.62. The van der Waals surface area contributed by atoms with Gasteiger partial charge in [-0.15, -0.1) is 0 Å². The van der Waals surface area contributed by atoms with Gasteiger partial charge in [0.05, 0.1) is 12.3 Å². The molecule has 12 heteroatoms. The Morgan fingerprint density at radius 2 is 1.87 bits per heavy atom. The molecule has 2 aromatic carbocycles. The van der Waals surface area contributed by atoms with Crippen LogP contribution in [0.2, 0.25) is 0 Å². The Morgan fingerprint density at radius 3 is 2.49 bits per heavy atom. The van der Waals surface area contributed by atoms with Crippen LogP contribution in [-0.2, 0) is 25.9 Å². The number of hydrogen-bond acceptors (Lipinski definition) is 5. The second kappa shape index (κ2) is 12.2. The minimum atomic E-state index is -4.73. The Kier molecular flexibility index (Phi) is 8.93. The summed E-state index contributed by atoms with van der Waals surface area (Å²) >= 11 is 2.17. The fraction of sp³-hybridized carbons (Fsp3) is 0.296. The number of nitrogens with zero attached hydrogens (tertiary/aromatic N) is 1. The van der Waals surface area contributed by atoms with Gasteiger partial charge in [0, 0.05) is 23.5 Å². The highest BCUT2D eigenvalue weighted by Crippen LogP contribution is 2.36. The Hall–Kier alpha value is -3.42. The molecule has 1 aromatic heterocycles. The Balaban J connectivity index is 1.83. The number of carbonyl (C=O) groups excluding carboxylic acids is 2. The Morgan fingerprint density at radius 1 is 1.10 bits per heavy atom. The van der Waals surface area contributed by atoms with Gasteiger partial charge in [0.25, 0.3) is 0 Å². The minimum absolute atomic E-state index is 0.0989. The number of nitrogens with one attached hydrogen (secondary N) is 2. The SMILES string of the molecule is O=C(N[C@@H]1CCOC1=O)N[C@@](Cc1ccccc1)(c1cccc(OC(F)(F)C(F)F)c1)c1ccc(CI)cn1. The van der Waals surface area contributed by atoms with E-state index in [-0.39, 0.29) is 25.0 Å². The lowest BCUT2D eigenvalue weighted by Crippen LogP contribution is -2.55. The van der Waals surface area contributed by atoms with E-state index in [4.69, 9.17) is 4.74 Å². The van der Waals surface area contributed by atoms with Gasteiger partial charge in [-0.05, 0) is 34.9 Å². The summed E-state index contributed by atoms with van der Waals surface area (Å²) in [7, 11) is 0. The molecule has 1 aliphatic heterocycles.